The molecule has 14 atom stereocenters. The molecular formula is C55H64O26. The van der Waals surface area contributed by atoms with E-state index in [1.54, 1.807) is 54.6 Å². The second kappa shape index (κ2) is 31.2. The summed E-state index contributed by atoms with van der Waals surface area (Å²) in [4.78, 5) is 129. The second-order valence-electron chi connectivity index (χ2n) is 18.0. The number of carbonyl (C=O) groups excluding carboxylic acids is 10. The number of carbonyl (C=O) groups is 10. The van der Waals surface area contributed by atoms with Crippen LogP contribution in [0.3, 0.4) is 0 Å². The van der Waals surface area contributed by atoms with Gasteiger partial charge < -0.3 is 75.8 Å². The van der Waals surface area contributed by atoms with Gasteiger partial charge in [0.25, 0.3) is 0 Å². The van der Waals surface area contributed by atoms with Crippen molar-refractivity contribution in [3.63, 3.8) is 0 Å². The van der Waals surface area contributed by atoms with E-state index in [1.165, 1.54) is 50.6 Å². The third-order valence-electron chi connectivity index (χ3n) is 11.8. The lowest BCUT2D eigenvalue weighted by molar-refractivity contribution is -0.336. The highest BCUT2D eigenvalue weighted by Gasteiger charge is 2.56. The van der Waals surface area contributed by atoms with Crippen molar-refractivity contribution in [3.8, 4) is 0 Å². The van der Waals surface area contributed by atoms with E-state index in [1.807, 2.05) is 0 Å². The van der Waals surface area contributed by atoms with Gasteiger partial charge in [-0.15, -0.1) is 0 Å². The summed E-state index contributed by atoms with van der Waals surface area (Å²) in [7, 11) is 2.41. The molecule has 440 valence electrons. The SMILES string of the molecule is CO[C@@H]([C@H](OC)[C@@H](CO[C@@H]1O[C@H](CO[C@@H]2O[C@H](COC(C)=O)[C@@H](OC(C)=O)[C@H](OC(C)=O)[C@H]2OC(C)=O)[C@@H](OC(C)=O)[C@H](OC(C)=O)[C@H]1OC(C)=O)OC(=O)c1ccccc1)[C@@H](COC(=O)c1ccccc1)OC(=O)c1ccccc1. The van der Waals surface area contributed by atoms with Crippen LogP contribution in [-0.4, -0.2) is 186 Å². The molecular weight excluding hydrogens is 1080 g/mol. The fourth-order valence-electron chi connectivity index (χ4n) is 8.59. The molecule has 0 bridgehead atoms. The van der Waals surface area contributed by atoms with E-state index < -0.39 is 172 Å². The first-order valence-corrected chi connectivity index (χ1v) is 25.1. The van der Waals surface area contributed by atoms with Crippen LogP contribution in [-0.2, 0) is 109 Å². The number of benzene rings is 3. The lowest BCUT2D eigenvalue weighted by Crippen LogP contribution is -2.65. The molecule has 2 aliphatic rings. The summed E-state index contributed by atoms with van der Waals surface area (Å²) in [6.45, 7) is 4.22. The van der Waals surface area contributed by atoms with Crippen molar-refractivity contribution in [2.75, 3.05) is 40.6 Å². The highest BCUT2D eigenvalue weighted by Crippen LogP contribution is 2.34. The molecule has 0 N–H and O–H groups in total. The Morgan fingerprint density at radius 1 is 0.383 bits per heavy atom. The minimum absolute atomic E-state index is 0.0421. The zero-order chi connectivity index (χ0) is 59.3. The van der Waals surface area contributed by atoms with Crippen molar-refractivity contribution >= 4 is 59.7 Å². The van der Waals surface area contributed by atoms with E-state index in [0.717, 1.165) is 48.5 Å². The third kappa shape index (κ3) is 19.1. The Morgan fingerprint density at radius 3 is 1.09 bits per heavy atom. The summed E-state index contributed by atoms with van der Waals surface area (Å²) >= 11 is 0. The van der Waals surface area contributed by atoms with Gasteiger partial charge >= 0.3 is 59.7 Å². The number of rotatable bonds is 26. The van der Waals surface area contributed by atoms with Crippen LogP contribution in [0.4, 0.5) is 0 Å². The van der Waals surface area contributed by atoms with Gasteiger partial charge in [-0.25, -0.2) is 14.4 Å². The molecule has 0 amide bonds. The fourth-order valence-corrected chi connectivity index (χ4v) is 8.59. The average Bonchev–Trinajstić information content (AvgIpc) is 3.44. The van der Waals surface area contributed by atoms with Crippen molar-refractivity contribution in [2.45, 2.75) is 134 Å². The quantitative estimate of drug-likeness (QED) is 0.0824. The Kier molecular flexibility index (Phi) is 24.6. The largest absolute Gasteiger partial charge is 0.463 e. The maximum Gasteiger partial charge on any atom is 0.338 e. The molecule has 5 rings (SSSR count). The summed E-state index contributed by atoms with van der Waals surface area (Å²) in [5, 5.41) is 0. The van der Waals surface area contributed by atoms with E-state index in [0.29, 0.717) is 0 Å². The number of methoxy groups -OCH3 is 2. The Labute approximate surface area is 464 Å². The number of ether oxygens (including phenoxy) is 16. The van der Waals surface area contributed by atoms with Crippen molar-refractivity contribution in [1.29, 1.82) is 0 Å². The van der Waals surface area contributed by atoms with E-state index in [2.05, 4.69) is 0 Å². The molecule has 0 aliphatic carbocycles. The fraction of sp³-hybridized carbons (Fsp3) is 0.491. The second-order valence-corrected chi connectivity index (χ2v) is 18.0. The zero-order valence-electron chi connectivity index (χ0n) is 45.7. The van der Waals surface area contributed by atoms with Gasteiger partial charge in [-0.05, 0) is 36.4 Å². The molecule has 2 aliphatic heterocycles. The van der Waals surface area contributed by atoms with E-state index in [9.17, 15) is 47.9 Å². The van der Waals surface area contributed by atoms with Gasteiger partial charge in [-0.1, -0.05) is 54.6 Å². The Balaban J connectivity index is 1.58. The molecule has 26 heteroatoms. The third-order valence-corrected chi connectivity index (χ3v) is 11.8. The van der Waals surface area contributed by atoms with Crippen LogP contribution in [0.2, 0.25) is 0 Å². The maximum atomic E-state index is 14.0. The number of esters is 10. The van der Waals surface area contributed by atoms with Gasteiger partial charge in [-0.3, -0.25) is 33.6 Å². The summed E-state index contributed by atoms with van der Waals surface area (Å²) in [5.74, 6) is -9.18. The molecule has 0 radical (unpaired) electrons. The predicted octanol–water partition coefficient (Wildman–Crippen LogP) is 2.96. The highest BCUT2D eigenvalue weighted by atomic mass is 16.8. The summed E-state index contributed by atoms with van der Waals surface area (Å²) in [6, 6.07) is 23.4. The first-order valence-electron chi connectivity index (χ1n) is 25.1. The molecule has 0 saturated carbocycles. The van der Waals surface area contributed by atoms with Crippen LogP contribution in [0.5, 0.6) is 0 Å². The number of hydrogen-bond donors (Lipinski definition) is 0. The van der Waals surface area contributed by atoms with Crippen molar-refractivity contribution in [2.24, 2.45) is 0 Å². The monoisotopic (exact) mass is 1140 g/mol. The molecule has 3 aromatic rings. The Hall–Kier alpha value is -7.88. The first kappa shape index (κ1) is 63.9. The minimum atomic E-state index is -1.91. The first-order chi connectivity index (χ1) is 38.6. The van der Waals surface area contributed by atoms with Crippen LogP contribution in [0.1, 0.15) is 79.5 Å². The van der Waals surface area contributed by atoms with Crippen LogP contribution in [0.25, 0.3) is 0 Å². The lowest BCUT2D eigenvalue weighted by Gasteiger charge is -2.46. The molecule has 2 fully saturated rings. The van der Waals surface area contributed by atoms with Crippen LogP contribution < -0.4 is 0 Å². The molecule has 81 heavy (non-hydrogen) atoms. The van der Waals surface area contributed by atoms with Crippen LogP contribution in [0.15, 0.2) is 91.0 Å². The topological polar surface area (TPSA) is 318 Å². The lowest BCUT2D eigenvalue weighted by atomic mass is 9.97. The summed E-state index contributed by atoms with van der Waals surface area (Å²) in [5.41, 5.74) is 0.301. The predicted molar refractivity (Wildman–Crippen MR) is 269 cm³/mol. The van der Waals surface area contributed by atoms with Gasteiger partial charge in [0.05, 0.1) is 29.9 Å². The van der Waals surface area contributed by atoms with Crippen molar-refractivity contribution in [3.05, 3.63) is 108 Å². The summed E-state index contributed by atoms with van der Waals surface area (Å²) < 4.78 is 93.2. The molecule has 26 nitrogen and oxygen atoms in total. The average molecular weight is 1140 g/mol. The van der Waals surface area contributed by atoms with Gasteiger partial charge in [0.15, 0.2) is 61.4 Å². The van der Waals surface area contributed by atoms with Crippen LogP contribution in [0, 0.1) is 0 Å². The molecule has 0 aromatic heterocycles. The molecule has 3 aromatic carbocycles. The standard InChI is InChI=1S/C55H64O26/c1-29(56)68-25-41-45(72-30(2)57)47(74-32(4)59)49(76-34(6)61)55(80-41)71-28-42-46(73-31(3)58)48(75-33(5)60)50(77-35(7)62)54(81-42)70-27-40(79-53(65)38-23-17-12-18-24-38)44(67-9)43(66-8)39(78-52(64)37-21-15-11-16-22-37)26-69-51(63)36-19-13-10-14-20-36/h10-24,39-50,54-55H,25-28H2,1-9H3/t39-,40-,41-,42-,43-,44-,45-,46-,47+,48+,49-,50-,54-,55-/m1/s1. The van der Waals surface area contributed by atoms with Crippen LogP contribution >= 0.6 is 0 Å². The zero-order valence-corrected chi connectivity index (χ0v) is 45.7. The van der Waals surface area contributed by atoms with E-state index >= 15 is 0 Å². The van der Waals surface area contributed by atoms with Gasteiger partial charge in [0.1, 0.15) is 37.6 Å². The van der Waals surface area contributed by atoms with Gasteiger partial charge in [-0.2, -0.15) is 0 Å². The van der Waals surface area contributed by atoms with Crippen molar-refractivity contribution < 1.29 is 124 Å². The molecule has 0 spiro atoms. The highest BCUT2D eigenvalue weighted by molar-refractivity contribution is 5.90. The molecule has 2 saturated heterocycles. The van der Waals surface area contributed by atoms with Gasteiger partial charge in [0.2, 0.25) is 0 Å². The Bertz CT molecular complexity index is 2610. The van der Waals surface area contributed by atoms with E-state index in [-0.39, 0.29) is 16.7 Å². The smallest absolute Gasteiger partial charge is 0.338 e. The van der Waals surface area contributed by atoms with Gasteiger partial charge in [0, 0.05) is 62.7 Å². The number of hydrogen-bond acceptors (Lipinski definition) is 26. The summed E-state index contributed by atoms with van der Waals surface area (Å²) in [6.07, 6.45) is -23.4. The molecule has 2 heterocycles. The Morgan fingerprint density at radius 2 is 0.716 bits per heavy atom. The normalized spacial score (nSPS) is 23.7. The van der Waals surface area contributed by atoms with Crippen molar-refractivity contribution in [1.82, 2.24) is 0 Å². The van der Waals surface area contributed by atoms with E-state index in [4.69, 9.17) is 75.8 Å². The minimum Gasteiger partial charge on any atom is -0.463 e. The maximum absolute atomic E-state index is 14.0. The molecule has 0 unspecified atom stereocenters.